The summed E-state index contributed by atoms with van der Waals surface area (Å²) in [5, 5.41) is 12.7. The zero-order chi connectivity index (χ0) is 15.0. The van der Waals surface area contributed by atoms with Crippen LogP contribution in [0.5, 0.6) is 0 Å². The van der Waals surface area contributed by atoms with Gasteiger partial charge in [0.05, 0.1) is 30.6 Å². The van der Waals surface area contributed by atoms with Crippen molar-refractivity contribution in [3.8, 4) is 0 Å². The molecule has 1 N–H and O–H groups in total. The number of aliphatic hydroxyl groups is 1. The van der Waals surface area contributed by atoms with Gasteiger partial charge in [0.2, 0.25) is 0 Å². The van der Waals surface area contributed by atoms with Crippen LogP contribution in [-0.2, 0) is 16.7 Å². The average molecular weight is 298 g/mol. The highest BCUT2D eigenvalue weighted by atomic mass is 32.1. The Morgan fingerprint density at radius 3 is 2.75 bits per heavy atom. The lowest BCUT2D eigenvalue weighted by Crippen LogP contribution is -2.53. The number of aromatic nitrogens is 1. The fraction of sp³-hybridized carbons (Fsp3) is 0.800. The molecule has 114 valence electrons. The number of rotatable bonds is 3. The molecule has 1 atom stereocenters. The standard InChI is InChI=1S/C15H26N2O2S/c1-14(2,3)12-9-20-13(16-12)7-17-6-11(8-18)19-15(4,5)10-17/h9,11,18H,6-8,10H2,1-5H3. The van der Waals surface area contributed by atoms with Gasteiger partial charge in [-0.1, -0.05) is 20.8 Å². The fourth-order valence-electron chi connectivity index (χ4n) is 2.55. The third-order valence-corrected chi connectivity index (χ3v) is 4.27. The van der Waals surface area contributed by atoms with E-state index in [2.05, 4.69) is 44.9 Å². The molecule has 20 heavy (non-hydrogen) atoms. The van der Waals surface area contributed by atoms with Crippen LogP contribution in [0.25, 0.3) is 0 Å². The Labute approximate surface area is 125 Å². The molecule has 1 aliphatic rings. The summed E-state index contributed by atoms with van der Waals surface area (Å²) in [6.07, 6.45) is -0.0965. The molecule has 5 heteroatoms. The van der Waals surface area contributed by atoms with E-state index < -0.39 is 0 Å². The maximum absolute atomic E-state index is 9.35. The molecule has 2 rings (SSSR count). The first-order chi connectivity index (χ1) is 9.19. The smallest absolute Gasteiger partial charge is 0.107 e. The summed E-state index contributed by atoms with van der Waals surface area (Å²) in [7, 11) is 0. The van der Waals surface area contributed by atoms with Crippen molar-refractivity contribution in [2.24, 2.45) is 0 Å². The minimum absolute atomic E-state index is 0.0744. The highest BCUT2D eigenvalue weighted by Crippen LogP contribution is 2.26. The topological polar surface area (TPSA) is 45.6 Å². The van der Waals surface area contributed by atoms with Gasteiger partial charge in [-0.25, -0.2) is 4.98 Å². The Hall–Kier alpha value is -0.490. The zero-order valence-electron chi connectivity index (χ0n) is 13.1. The number of hydrogen-bond acceptors (Lipinski definition) is 5. The average Bonchev–Trinajstić information content (AvgIpc) is 2.75. The number of morpholine rings is 1. The molecule has 2 heterocycles. The summed E-state index contributed by atoms with van der Waals surface area (Å²) in [6.45, 7) is 13.3. The number of nitrogens with zero attached hydrogens (tertiary/aromatic N) is 2. The first-order valence-corrected chi connectivity index (χ1v) is 8.03. The summed E-state index contributed by atoms with van der Waals surface area (Å²) < 4.78 is 5.84. The predicted molar refractivity (Wildman–Crippen MR) is 82.1 cm³/mol. The minimum atomic E-state index is -0.213. The third-order valence-electron chi connectivity index (χ3n) is 3.43. The monoisotopic (exact) mass is 298 g/mol. The van der Waals surface area contributed by atoms with Crippen LogP contribution in [0.1, 0.15) is 45.3 Å². The quantitative estimate of drug-likeness (QED) is 0.931. The van der Waals surface area contributed by atoms with Gasteiger partial charge in [-0.05, 0) is 13.8 Å². The van der Waals surface area contributed by atoms with Gasteiger partial charge in [0, 0.05) is 23.9 Å². The highest BCUT2D eigenvalue weighted by molar-refractivity contribution is 7.09. The molecule has 1 fully saturated rings. The van der Waals surface area contributed by atoms with Crippen LogP contribution in [0, 0.1) is 0 Å². The second-order valence-corrected chi connectivity index (χ2v) is 8.17. The first-order valence-electron chi connectivity index (χ1n) is 7.15. The molecule has 0 saturated carbocycles. The summed E-state index contributed by atoms with van der Waals surface area (Å²) >= 11 is 1.72. The lowest BCUT2D eigenvalue weighted by atomic mass is 9.93. The molecule has 0 radical (unpaired) electrons. The third kappa shape index (κ3) is 4.01. The van der Waals surface area contributed by atoms with E-state index >= 15 is 0 Å². The highest BCUT2D eigenvalue weighted by Gasteiger charge is 2.33. The normalized spacial score (nSPS) is 24.0. The van der Waals surface area contributed by atoms with Crippen LogP contribution in [0.2, 0.25) is 0 Å². The molecule has 1 aromatic rings. The molecular formula is C15H26N2O2S. The van der Waals surface area contributed by atoms with E-state index in [1.807, 2.05) is 0 Å². The second-order valence-electron chi connectivity index (χ2n) is 7.23. The summed E-state index contributed by atoms with van der Waals surface area (Å²) in [4.78, 5) is 7.08. The van der Waals surface area contributed by atoms with Crippen LogP contribution in [0.4, 0.5) is 0 Å². The summed E-state index contributed by atoms with van der Waals surface area (Å²) in [5.41, 5.74) is 1.05. The van der Waals surface area contributed by atoms with E-state index in [-0.39, 0.29) is 23.7 Å². The van der Waals surface area contributed by atoms with Gasteiger partial charge < -0.3 is 9.84 Å². The van der Waals surface area contributed by atoms with Crippen molar-refractivity contribution in [2.45, 2.75) is 58.3 Å². The van der Waals surface area contributed by atoms with Crippen molar-refractivity contribution in [3.63, 3.8) is 0 Å². The van der Waals surface area contributed by atoms with Gasteiger partial charge in [-0.15, -0.1) is 11.3 Å². The molecule has 1 unspecified atom stereocenters. The Morgan fingerprint density at radius 2 is 2.20 bits per heavy atom. The fourth-order valence-corrected chi connectivity index (χ4v) is 3.61. The Kier molecular flexibility index (Phi) is 4.54. The van der Waals surface area contributed by atoms with Crippen LogP contribution in [0.15, 0.2) is 5.38 Å². The number of ether oxygens (including phenoxy) is 1. The molecule has 0 aromatic carbocycles. The van der Waals surface area contributed by atoms with E-state index in [1.54, 1.807) is 11.3 Å². The van der Waals surface area contributed by atoms with Crippen LogP contribution in [-0.4, -0.2) is 46.4 Å². The van der Waals surface area contributed by atoms with Crippen LogP contribution >= 0.6 is 11.3 Å². The Balaban J connectivity index is 2.04. The molecule has 0 spiro atoms. The number of thiazole rings is 1. The molecular weight excluding hydrogens is 272 g/mol. The van der Waals surface area contributed by atoms with Crippen molar-refractivity contribution in [3.05, 3.63) is 16.1 Å². The maximum atomic E-state index is 9.35. The molecule has 0 bridgehead atoms. The first kappa shape index (κ1) is 15.9. The van der Waals surface area contributed by atoms with Gasteiger partial charge in [-0.2, -0.15) is 0 Å². The SMILES string of the molecule is CC1(C)CN(Cc2nc(C(C)(C)C)cs2)CC(CO)O1. The molecule has 1 saturated heterocycles. The predicted octanol–water partition coefficient (Wildman–Crippen LogP) is 2.41. The largest absolute Gasteiger partial charge is 0.394 e. The van der Waals surface area contributed by atoms with Gasteiger partial charge in [-0.3, -0.25) is 4.90 Å². The molecule has 1 aromatic heterocycles. The van der Waals surface area contributed by atoms with E-state index in [0.29, 0.717) is 0 Å². The zero-order valence-corrected chi connectivity index (χ0v) is 14.0. The van der Waals surface area contributed by atoms with Crippen LogP contribution in [0.3, 0.4) is 0 Å². The van der Waals surface area contributed by atoms with Crippen molar-refractivity contribution >= 4 is 11.3 Å². The Bertz CT molecular complexity index is 451. The molecule has 1 aliphatic heterocycles. The number of hydrogen-bond donors (Lipinski definition) is 1. The van der Waals surface area contributed by atoms with E-state index in [1.165, 1.54) is 0 Å². The lowest BCUT2D eigenvalue weighted by Gasteiger charge is -2.42. The van der Waals surface area contributed by atoms with Crippen molar-refractivity contribution in [2.75, 3.05) is 19.7 Å². The van der Waals surface area contributed by atoms with Crippen molar-refractivity contribution in [1.82, 2.24) is 9.88 Å². The summed E-state index contributed by atoms with van der Waals surface area (Å²) in [5.74, 6) is 0. The maximum Gasteiger partial charge on any atom is 0.107 e. The summed E-state index contributed by atoms with van der Waals surface area (Å²) in [6, 6.07) is 0. The lowest BCUT2D eigenvalue weighted by molar-refractivity contribution is -0.150. The van der Waals surface area contributed by atoms with E-state index in [4.69, 9.17) is 9.72 Å². The molecule has 0 aliphatic carbocycles. The van der Waals surface area contributed by atoms with Crippen molar-refractivity contribution in [1.29, 1.82) is 0 Å². The van der Waals surface area contributed by atoms with Gasteiger partial charge >= 0.3 is 0 Å². The van der Waals surface area contributed by atoms with E-state index in [9.17, 15) is 5.11 Å². The minimum Gasteiger partial charge on any atom is -0.394 e. The number of aliphatic hydroxyl groups excluding tert-OH is 1. The van der Waals surface area contributed by atoms with Gasteiger partial charge in [0.1, 0.15) is 5.01 Å². The second kappa shape index (κ2) is 5.72. The van der Waals surface area contributed by atoms with Gasteiger partial charge in [0.15, 0.2) is 0 Å². The van der Waals surface area contributed by atoms with Gasteiger partial charge in [0.25, 0.3) is 0 Å². The Morgan fingerprint density at radius 1 is 1.50 bits per heavy atom. The molecule has 0 amide bonds. The van der Waals surface area contributed by atoms with E-state index in [0.717, 1.165) is 30.3 Å². The van der Waals surface area contributed by atoms with Crippen molar-refractivity contribution < 1.29 is 9.84 Å². The molecule has 4 nitrogen and oxygen atoms in total. The van der Waals surface area contributed by atoms with Crippen LogP contribution < -0.4 is 0 Å².